The van der Waals surface area contributed by atoms with Crippen molar-refractivity contribution in [3.05, 3.63) is 107 Å². The summed E-state index contributed by atoms with van der Waals surface area (Å²) in [6.45, 7) is 3.86. The van der Waals surface area contributed by atoms with Crippen molar-refractivity contribution in [2.75, 3.05) is 23.8 Å². The van der Waals surface area contributed by atoms with E-state index in [0.717, 1.165) is 32.7 Å². The van der Waals surface area contributed by atoms with E-state index in [1.807, 2.05) is 48.5 Å². The standard InChI is InChI=1S/C32H30N2O4S2/c1-21-15-23-19-39-29-13-7-3-9-25(29)33-31(35)17-37-27-11-5-6-12-28(27)38-18-32(36)34-26-10-4-8-14-30(26)40-20-24(23)16-22(21)2/h3-16H,17-20H2,1-2H3,(H,33,35)(H,34,36). The maximum atomic E-state index is 12.8. The summed E-state index contributed by atoms with van der Waals surface area (Å²) in [6, 6.07) is 27.1. The molecule has 0 saturated carbocycles. The second-order valence-corrected chi connectivity index (χ2v) is 11.4. The summed E-state index contributed by atoms with van der Waals surface area (Å²) in [5, 5.41) is 5.96. The molecular weight excluding hydrogens is 540 g/mol. The van der Waals surface area contributed by atoms with Crippen LogP contribution < -0.4 is 20.1 Å². The Labute approximate surface area is 242 Å². The number of fused-ring (bicyclic) bond motifs is 4. The number of ether oxygens (including phenoxy) is 2. The summed E-state index contributed by atoms with van der Waals surface area (Å²) >= 11 is 3.38. The van der Waals surface area contributed by atoms with Crippen LogP contribution in [0, 0.1) is 13.8 Å². The molecule has 0 aliphatic carbocycles. The molecule has 0 radical (unpaired) electrons. The van der Waals surface area contributed by atoms with Crippen LogP contribution in [0.2, 0.25) is 0 Å². The molecule has 2 amide bonds. The van der Waals surface area contributed by atoms with Crippen molar-refractivity contribution in [2.45, 2.75) is 35.1 Å². The van der Waals surface area contributed by atoms with Crippen molar-refractivity contribution in [3.8, 4) is 11.5 Å². The average molecular weight is 571 g/mol. The van der Waals surface area contributed by atoms with Crippen LogP contribution in [0.4, 0.5) is 11.4 Å². The smallest absolute Gasteiger partial charge is 0.262 e. The lowest BCUT2D eigenvalue weighted by atomic mass is 10.0. The molecule has 1 aliphatic rings. The van der Waals surface area contributed by atoms with Gasteiger partial charge in [0.25, 0.3) is 11.8 Å². The number of rotatable bonds is 0. The lowest BCUT2D eigenvalue weighted by Crippen LogP contribution is -2.22. The van der Waals surface area contributed by atoms with Crippen molar-refractivity contribution in [3.63, 3.8) is 0 Å². The number of aryl methyl sites for hydroxylation is 2. The Balaban J connectivity index is 1.47. The fourth-order valence-electron chi connectivity index (χ4n) is 4.25. The molecule has 0 unspecified atom stereocenters. The molecule has 5 rings (SSSR count). The lowest BCUT2D eigenvalue weighted by Gasteiger charge is -2.17. The second kappa shape index (κ2) is 13.0. The largest absolute Gasteiger partial charge is 0.480 e. The zero-order chi connectivity index (χ0) is 27.9. The Morgan fingerprint density at radius 1 is 0.600 bits per heavy atom. The summed E-state index contributed by atoms with van der Waals surface area (Å²) < 4.78 is 11.6. The monoisotopic (exact) mass is 570 g/mol. The number of para-hydroxylation sites is 4. The predicted octanol–water partition coefficient (Wildman–Crippen LogP) is 7.24. The number of amides is 2. The predicted molar refractivity (Wildman–Crippen MR) is 163 cm³/mol. The van der Waals surface area contributed by atoms with Crippen LogP contribution in [-0.4, -0.2) is 25.0 Å². The highest BCUT2D eigenvalue weighted by Crippen LogP contribution is 2.35. The minimum atomic E-state index is -0.283. The van der Waals surface area contributed by atoms with Crippen LogP contribution in [0.15, 0.2) is 94.7 Å². The van der Waals surface area contributed by atoms with Gasteiger partial charge in [0.15, 0.2) is 24.7 Å². The summed E-state index contributed by atoms with van der Waals surface area (Å²) in [4.78, 5) is 27.6. The highest BCUT2D eigenvalue weighted by Gasteiger charge is 2.15. The second-order valence-electron chi connectivity index (χ2n) is 9.40. The number of carbonyl (C=O) groups excluding carboxylic acids is 2. The Morgan fingerprint density at radius 2 is 1.00 bits per heavy atom. The number of nitrogens with one attached hydrogen (secondary N) is 2. The number of carbonyl (C=O) groups is 2. The van der Waals surface area contributed by atoms with Crippen molar-refractivity contribution in [1.29, 1.82) is 0 Å². The van der Waals surface area contributed by atoms with Gasteiger partial charge >= 0.3 is 0 Å². The molecule has 4 aromatic rings. The lowest BCUT2D eigenvalue weighted by molar-refractivity contribution is -0.119. The molecule has 0 spiro atoms. The number of hydrogen-bond donors (Lipinski definition) is 2. The first-order valence-corrected chi connectivity index (χ1v) is 14.9. The van der Waals surface area contributed by atoms with Gasteiger partial charge in [-0.05, 0) is 72.5 Å². The van der Waals surface area contributed by atoms with E-state index in [2.05, 4.69) is 36.6 Å². The van der Waals surface area contributed by atoms with Gasteiger partial charge in [0.05, 0.1) is 11.4 Å². The van der Waals surface area contributed by atoms with Crippen molar-refractivity contribution in [1.82, 2.24) is 0 Å². The molecule has 6 nitrogen and oxygen atoms in total. The van der Waals surface area contributed by atoms with E-state index in [4.69, 9.17) is 9.47 Å². The van der Waals surface area contributed by atoms with Gasteiger partial charge in [-0.15, -0.1) is 23.5 Å². The van der Waals surface area contributed by atoms with Crippen LogP contribution in [0.1, 0.15) is 22.3 Å². The third-order valence-corrected chi connectivity index (χ3v) is 8.72. The Bertz CT molecular complexity index is 1430. The molecule has 0 bridgehead atoms. The minimum absolute atomic E-state index is 0.197. The van der Waals surface area contributed by atoms with Gasteiger partial charge in [-0.3, -0.25) is 9.59 Å². The zero-order valence-corrected chi connectivity index (χ0v) is 24.0. The quantitative estimate of drug-likeness (QED) is 0.232. The fraction of sp³-hybridized carbons (Fsp3) is 0.188. The molecule has 2 N–H and O–H groups in total. The Hall–Kier alpha value is -3.88. The molecule has 8 heteroatoms. The fourth-order valence-corrected chi connectivity index (χ4v) is 6.31. The molecule has 4 aromatic carbocycles. The molecule has 0 saturated heterocycles. The normalized spacial score (nSPS) is 14.6. The van der Waals surface area contributed by atoms with Gasteiger partial charge in [0.2, 0.25) is 0 Å². The highest BCUT2D eigenvalue weighted by molar-refractivity contribution is 7.99. The van der Waals surface area contributed by atoms with E-state index in [-0.39, 0.29) is 25.0 Å². The number of benzene rings is 4. The van der Waals surface area contributed by atoms with E-state index in [1.165, 1.54) is 22.3 Å². The summed E-state index contributed by atoms with van der Waals surface area (Å²) in [5.74, 6) is 1.72. The molecule has 204 valence electrons. The Kier molecular flexibility index (Phi) is 8.98. The van der Waals surface area contributed by atoms with Crippen molar-refractivity contribution in [2.24, 2.45) is 0 Å². The first-order chi connectivity index (χ1) is 19.5. The van der Waals surface area contributed by atoms with Gasteiger partial charge in [-0.1, -0.05) is 48.5 Å². The van der Waals surface area contributed by atoms with Crippen LogP contribution in [-0.2, 0) is 21.1 Å². The topological polar surface area (TPSA) is 76.7 Å². The Morgan fingerprint density at radius 3 is 1.45 bits per heavy atom. The first kappa shape index (κ1) is 27.7. The van der Waals surface area contributed by atoms with Gasteiger partial charge in [-0.2, -0.15) is 0 Å². The molecule has 0 aromatic heterocycles. The van der Waals surface area contributed by atoms with Crippen LogP contribution in [0.3, 0.4) is 0 Å². The number of hydrogen-bond acceptors (Lipinski definition) is 6. The van der Waals surface area contributed by atoms with E-state index in [1.54, 1.807) is 47.8 Å². The van der Waals surface area contributed by atoms with E-state index in [9.17, 15) is 9.59 Å². The van der Waals surface area contributed by atoms with E-state index in [0.29, 0.717) is 11.5 Å². The molecule has 40 heavy (non-hydrogen) atoms. The zero-order valence-electron chi connectivity index (χ0n) is 22.4. The van der Waals surface area contributed by atoms with Gasteiger partial charge in [0, 0.05) is 21.3 Å². The van der Waals surface area contributed by atoms with Gasteiger partial charge in [0.1, 0.15) is 0 Å². The third-order valence-electron chi connectivity index (χ3n) is 6.47. The summed E-state index contributed by atoms with van der Waals surface area (Å²) in [5.41, 5.74) is 6.45. The molecular formula is C32H30N2O4S2. The first-order valence-electron chi connectivity index (χ1n) is 12.9. The SMILES string of the molecule is Cc1cc2c(cc1C)CSc1ccccc1NC(=O)COc1ccccc1OCC(=O)Nc1ccccc1SC2. The molecule has 0 fully saturated rings. The molecule has 1 heterocycles. The molecule has 1 aliphatic heterocycles. The number of anilines is 2. The van der Waals surface area contributed by atoms with Crippen LogP contribution in [0.25, 0.3) is 0 Å². The highest BCUT2D eigenvalue weighted by atomic mass is 32.2. The maximum Gasteiger partial charge on any atom is 0.262 e. The van der Waals surface area contributed by atoms with Gasteiger partial charge < -0.3 is 20.1 Å². The summed E-state index contributed by atoms with van der Waals surface area (Å²) in [6.07, 6.45) is 0. The van der Waals surface area contributed by atoms with E-state index < -0.39 is 0 Å². The molecule has 0 atom stereocenters. The minimum Gasteiger partial charge on any atom is -0.480 e. The van der Waals surface area contributed by atoms with Crippen molar-refractivity contribution >= 4 is 46.7 Å². The van der Waals surface area contributed by atoms with Gasteiger partial charge in [-0.25, -0.2) is 0 Å². The van der Waals surface area contributed by atoms with Crippen molar-refractivity contribution < 1.29 is 19.1 Å². The third kappa shape index (κ3) is 7.00. The number of thioether (sulfide) groups is 2. The van der Waals surface area contributed by atoms with Crippen LogP contribution in [0.5, 0.6) is 11.5 Å². The van der Waals surface area contributed by atoms with E-state index >= 15 is 0 Å². The van der Waals surface area contributed by atoms with Crippen LogP contribution >= 0.6 is 23.5 Å². The maximum absolute atomic E-state index is 12.8. The summed E-state index contributed by atoms with van der Waals surface area (Å²) in [7, 11) is 0. The average Bonchev–Trinajstić information content (AvgIpc) is 2.96.